The lowest BCUT2D eigenvalue weighted by Gasteiger charge is -2.10. The van der Waals surface area contributed by atoms with Crippen LogP contribution in [-0.4, -0.2) is 5.11 Å². The van der Waals surface area contributed by atoms with E-state index in [0.29, 0.717) is 5.58 Å². The molecule has 0 radical (unpaired) electrons. The van der Waals surface area contributed by atoms with E-state index in [4.69, 9.17) is 4.42 Å². The maximum absolute atomic E-state index is 11.8. The van der Waals surface area contributed by atoms with Gasteiger partial charge in [-0.2, -0.15) is 0 Å². The van der Waals surface area contributed by atoms with Crippen molar-refractivity contribution in [2.45, 2.75) is 20.0 Å². The minimum Gasteiger partial charge on any atom is -0.423 e. The van der Waals surface area contributed by atoms with Crippen molar-refractivity contribution in [2.75, 3.05) is 0 Å². The first-order valence-electron chi connectivity index (χ1n) is 6.88. The summed E-state index contributed by atoms with van der Waals surface area (Å²) in [5.41, 5.74) is 3.82. The van der Waals surface area contributed by atoms with Crippen LogP contribution in [0.1, 0.15) is 24.2 Å². The zero-order valence-electron chi connectivity index (χ0n) is 12.0. The Morgan fingerprint density at radius 2 is 1.81 bits per heavy atom. The van der Waals surface area contributed by atoms with Gasteiger partial charge in [0.25, 0.3) is 0 Å². The molecule has 0 aliphatic rings. The normalized spacial score (nSPS) is 12.5. The van der Waals surface area contributed by atoms with E-state index in [2.05, 4.69) is 0 Å². The Morgan fingerprint density at radius 3 is 2.52 bits per heavy atom. The lowest BCUT2D eigenvalue weighted by molar-refractivity contribution is 0.199. The Balaban J connectivity index is 2.33. The van der Waals surface area contributed by atoms with Crippen molar-refractivity contribution in [3.8, 4) is 11.1 Å². The Morgan fingerprint density at radius 1 is 1.05 bits per heavy atom. The van der Waals surface area contributed by atoms with E-state index in [9.17, 15) is 9.90 Å². The highest BCUT2D eigenvalue weighted by atomic mass is 16.4. The topological polar surface area (TPSA) is 50.4 Å². The zero-order chi connectivity index (χ0) is 15.0. The number of rotatable bonds is 2. The van der Waals surface area contributed by atoms with Gasteiger partial charge < -0.3 is 9.52 Å². The summed E-state index contributed by atoms with van der Waals surface area (Å²) in [5.74, 6) is 0. The molecule has 3 nitrogen and oxygen atoms in total. The van der Waals surface area contributed by atoms with Gasteiger partial charge in [-0.15, -0.1) is 0 Å². The first kappa shape index (κ1) is 13.6. The van der Waals surface area contributed by atoms with Crippen LogP contribution in [0.5, 0.6) is 0 Å². The smallest absolute Gasteiger partial charge is 0.336 e. The number of benzene rings is 2. The Bertz CT molecular complexity index is 860. The molecule has 1 unspecified atom stereocenters. The molecule has 0 saturated carbocycles. The van der Waals surface area contributed by atoms with Crippen molar-refractivity contribution in [3.05, 3.63) is 70.1 Å². The summed E-state index contributed by atoms with van der Waals surface area (Å²) in [6.45, 7) is 3.70. The third-order valence-corrected chi connectivity index (χ3v) is 3.69. The van der Waals surface area contributed by atoms with E-state index in [1.807, 2.05) is 43.3 Å². The molecule has 3 rings (SSSR count). The molecule has 0 bridgehead atoms. The van der Waals surface area contributed by atoms with Crippen molar-refractivity contribution in [1.29, 1.82) is 0 Å². The monoisotopic (exact) mass is 280 g/mol. The molecule has 1 heterocycles. The lowest BCUT2D eigenvalue weighted by Crippen LogP contribution is -2.00. The fourth-order valence-corrected chi connectivity index (χ4v) is 2.54. The van der Waals surface area contributed by atoms with Gasteiger partial charge in [-0.1, -0.05) is 36.4 Å². The molecule has 1 aromatic heterocycles. The van der Waals surface area contributed by atoms with Crippen molar-refractivity contribution in [1.82, 2.24) is 0 Å². The molecule has 3 heteroatoms. The minimum atomic E-state index is -0.596. The number of aliphatic hydroxyl groups excluding tert-OH is 1. The molecule has 21 heavy (non-hydrogen) atoms. The minimum absolute atomic E-state index is 0.386. The molecule has 0 spiro atoms. The van der Waals surface area contributed by atoms with E-state index in [0.717, 1.165) is 27.6 Å². The first-order chi connectivity index (χ1) is 10.1. The number of hydrogen-bond donors (Lipinski definition) is 1. The van der Waals surface area contributed by atoms with Gasteiger partial charge in [0.05, 0.1) is 6.10 Å². The van der Waals surface area contributed by atoms with Crippen LogP contribution in [0.15, 0.2) is 57.7 Å². The van der Waals surface area contributed by atoms with Gasteiger partial charge in [-0.25, -0.2) is 4.79 Å². The van der Waals surface area contributed by atoms with Crippen LogP contribution in [0.2, 0.25) is 0 Å². The van der Waals surface area contributed by atoms with Crippen LogP contribution in [0.4, 0.5) is 0 Å². The maximum atomic E-state index is 11.8. The van der Waals surface area contributed by atoms with Gasteiger partial charge in [0, 0.05) is 17.0 Å². The largest absolute Gasteiger partial charge is 0.423 e. The first-order valence-corrected chi connectivity index (χ1v) is 6.88. The number of fused-ring (bicyclic) bond motifs is 1. The molecule has 0 fully saturated rings. The van der Waals surface area contributed by atoms with E-state index in [-0.39, 0.29) is 5.63 Å². The van der Waals surface area contributed by atoms with Crippen LogP contribution in [0.25, 0.3) is 22.1 Å². The van der Waals surface area contributed by atoms with E-state index in [1.165, 1.54) is 6.07 Å². The standard InChI is InChI=1S/C18H16O3/c1-11-5-3-4-6-14(11)16-10-18(20)21-17-9-13(12(2)19)7-8-15(16)17/h3-10,12,19H,1-2H3. The molecule has 106 valence electrons. The predicted octanol–water partition coefficient (Wildman–Crippen LogP) is 3.82. The van der Waals surface area contributed by atoms with Crippen LogP contribution in [-0.2, 0) is 0 Å². The summed E-state index contributed by atoms with van der Waals surface area (Å²) >= 11 is 0. The van der Waals surface area contributed by atoms with Gasteiger partial charge in [-0.05, 0) is 36.6 Å². The van der Waals surface area contributed by atoms with Crippen molar-refractivity contribution in [3.63, 3.8) is 0 Å². The highest BCUT2D eigenvalue weighted by Crippen LogP contribution is 2.30. The van der Waals surface area contributed by atoms with Crippen LogP contribution >= 0.6 is 0 Å². The van der Waals surface area contributed by atoms with E-state index in [1.54, 1.807) is 13.0 Å². The molecule has 2 aromatic carbocycles. The lowest BCUT2D eigenvalue weighted by atomic mass is 9.97. The molecule has 1 atom stereocenters. The molecule has 0 aliphatic heterocycles. The van der Waals surface area contributed by atoms with Gasteiger partial charge in [-0.3, -0.25) is 0 Å². The third-order valence-electron chi connectivity index (χ3n) is 3.69. The van der Waals surface area contributed by atoms with Gasteiger partial charge >= 0.3 is 5.63 Å². The third kappa shape index (κ3) is 2.48. The maximum Gasteiger partial charge on any atom is 0.336 e. The average molecular weight is 280 g/mol. The molecule has 0 aliphatic carbocycles. The van der Waals surface area contributed by atoms with Crippen molar-refractivity contribution >= 4 is 11.0 Å². The van der Waals surface area contributed by atoms with Gasteiger partial charge in [0.1, 0.15) is 5.58 Å². The van der Waals surface area contributed by atoms with Gasteiger partial charge in [0.15, 0.2) is 0 Å². The summed E-state index contributed by atoms with van der Waals surface area (Å²) in [4.78, 5) is 11.8. The van der Waals surface area contributed by atoms with Crippen LogP contribution in [0.3, 0.4) is 0 Å². The molecular formula is C18H16O3. The molecule has 3 aromatic rings. The highest BCUT2D eigenvalue weighted by Gasteiger charge is 2.11. The predicted molar refractivity (Wildman–Crippen MR) is 83.3 cm³/mol. The summed E-state index contributed by atoms with van der Waals surface area (Å²) in [7, 11) is 0. The number of aryl methyl sites for hydroxylation is 1. The van der Waals surface area contributed by atoms with Crippen LogP contribution < -0.4 is 5.63 Å². The summed E-state index contributed by atoms with van der Waals surface area (Å²) in [6.07, 6.45) is -0.596. The second-order valence-corrected chi connectivity index (χ2v) is 5.23. The molecule has 0 amide bonds. The summed E-state index contributed by atoms with van der Waals surface area (Å²) < 4.78 is 5.29. The molecular weight excluding hydrogens is 264 g/mol. The Kier molecular flexibility index (Phi) is 3.35. The fourth-order valence-electron chi connectivity index (χ4n) is 2.54. The highest BCUT2D eigenvalue weighted by molar-refractivity contribution is 5.94. The summed E-state index contributed by atoms with van der Waals surface area (Å²) in [5, 5.41) is 10.5. The molecule has 0 saturated heterocycles. The Labute approximate surface area is 122 Å². The number of aliphatic hydroxyl groups is 1. The fraction of sp³-hybridized carbons (Fsp3) is 0.167. The average Bonchev–Trinajstić information content (AvgIpc) is 2.46. The SMILES string of the molecule is Cc1ccccc1-c1cc(=O)oc2cc(C(C)O)ccc12. The van der Waals surface area contributed by atoms with E-state index < -0.39 is 6.10 Å². The second kappa shape index (κ2) is 5.19. The van der Waals surface area contributed by atoms with Crippen molar-refractivity contribution < 1.29 is 9.52 Å². The van der Waals surface area contributed by atoms with Crippen LogP contribution in [0, 0.1) is 6.92 Å². The quantitative estimate of drug-likeness (QED) is 0.726. The summed E-state index contributed by atoms with van der Waals surface area (Å²) in [6, 6.07) is 14.9. The Hall–Kier alpha value is -2.39. The zero-order valence-corrected chi connectivity index (χ0v) is 12.0. The number of hydrogen-bond acceptors (Lipinski definition) is 3. The van der Waals surface area contributed by atoms with Crippen molar-refractivity contribution in [2.24, 2.45) is 0 Å². The van der Waals surface area contributed by atoms with E-state index >= 15 is 0 Å². The van der Waals surface area contributed by atoms with Gasteiger partial charge in [0.2, 0.25) is 0 Å². The second-order valence-electron chi connectivity index (χ2n) is 5.23. The molecule has 1 N–H and O–H groups in total.